The molecule has 1 fully saturated rings. The Hall–Kier alpha value is -2.00. The Morgan fingerprint density at radius 1 is 1.09 bits per heavy atom. The summed E-state index contributed by atoms with van der Waals surface area (Å²) >= 11 is 6.19. The summed E-state index contributed by atoms with van der Waals surface area (Å²) in [5, 5.41) is 0.745. The normalized spacial score (nSPS) is 15.9. The fraction of sp³-hybridized carbons (Fsp3) is 0.316. The highest BCUT2D eigenvalue weighted by Gasteiger charge is 2.22. The van der Waals surface area contributed by atoms with Crippen LogP contribution in [-0.4, -0.2) is 14.5 Å². The van der Waals surface area contributed by atoms with Gasteiger partial charge < -0.3 is 9.55 Å². The molecule has 0 amide bonds. The molecular weight excluding hydrogens is 306 g/mol. The van der Waals surface area contributed by atoms with Crippen LogP contribution in [0.3, 0.4) is 0 Å². The van der Waals surface area contributed by atoms with Crippen LogP contribution in [0.1, 0.15) is 38.1 Å². The molecule has 2 aromatic heterocycles. The molecule has 0 bridgehead atoms. The minimum absolute atomic E-state index is 0.550. The van der Waals surface area contributed by atoms with Crippen LogP contribution in [0.2, 0.25) is 5.02 Å². The van der Waals surface area contributed by atoms with Gasteiger partial charge in [0.15, 0.2) is 0 Å². The van der Waals surface area contributed by atoms with E-state index in [-0.39, 0.29) is 0 Å². The zero-order valence-electron chi connectivity index (χ0n) is 13.0. The van der Waals surface area contributed by atoms with E-state index in [0.29, 0.717) is 6.04 Å². The molecule has 1 aliphatic carbocycles. The highest BCUT2D eigenvalue weighted by Crippen LogP contribution is 2.37. The number of hydrogen-bond donors (Lipinski definition) is 1. The molecule has 2 heterocycles. The maximum Gasteiger partial charge on any atom is 0.0964 e. The number of hydrogen-bond acceptors (Lipinski definition) is 1. The van der Waals surface area contributed by atoms with Crippen LogP contribution in [0.4, 0.5) is 0 Å². The first-order valence-corrected chi connectivity index (χ1v) is 8.66. The van der Waals surface area contributed by atoms with Gasteiger partial charge in [-0.05, 0) is 31.0 Å². The van der Waals surface area contributed by atoms with Crippen LogP contribution < -0.4 is 0 Å². The molecule has 0 spiro atoms. The van der Waals surface area contributed by atoms with E-state index in [2.05, 4.69) is 21.7 Å². The first-order chi connectivity index (χ1) is 11.3. The van der Waals surface area contributed by atoms with Crippen molar-refractivity contribution in [3.8, 4) is 22.5 Å². The molecule has 0 radical (unpaired) electrons. The van der Waals surface area contributed by atoms with Gasteiger partial charge in [0.2, 0.25) is 0 Å². The predicted octanol–water partition coefficient (Wildman–Crippen LogP) is 5.70. The number of benzene rings is 1. The van der Waals surface area contributed by atoms with Crippen LogP contribution in [-0.2, 0) is 0 Å². The van der Waals surface area contributed by atoms with E-state index in [1.54, 1.807) is 0 Å². The first-order valence-electron chi connectivity index (χ1n) is 8.29. The lowest BCUT2D eigenvalue weighted by atomic mass is 9.94. The Morgan fingerprint density at radius 2 is 1.96 bits per heavy atom. The maximum absolute atomic E-state index is 6.19. The zero-order valence-corrected chi connectivity index (χ0v) is 13.8. The van der Waals surface area contributed by atoms with Crippen LogP contribution in [0.15, 0.2) is 49.1 Å². The Bertz CT molecular complexity index is 783. The monoisotopic (exact) mass is 325 g/mol. The highest BCUT2D eigenvalue weighted by atomic mass is 35.5. The summed E-state index contributed by atoms with van der Waals surface area (Å²) in [6.07, 6.45) is 12.5. The van der Waals surface area contributed by atoms with Gasteiger partial charge in [0.05, 0.1) is 17.7 Å². The SMILES string of the molecule is Clc1cccc(-c2ncn(C3CCCCC3)c2-c2cc[nH]c2)c1. The van der Waals surface area contributed by atoms with Crippen molar-refractivity contribution in [2.45, 2.75) is 38.1 Å². The van der Waals surface area contributed by atoms with Crippen LogP contribution in [0.25, 0.3) is 22.5 Å². The summed E-state index contributed by atoms with van der Waals surface area (Å²) in [5.41, 5.74) is 4.46. The second kappa shape index (κ2) is 6.25. The zero-order chi connectivity index (χ0) is 15.6. The maximum atomic E-state index is 6.19. The lowest BCUT2D eigenvalue weighted by Crippen LogP contribution is -2.13. The van der Waals surface area contributed by atoms with Crippen LogP contribution >= 0.6 is 11.6 Å². The van der Waals surface area contributed by atoms with E-state index in [0.717, 1.165) is 16.3 Å². The summed E-state index contributed by atoms with van der Waals surface area (Å²) in [6.45, 7) is 0. The van der Waals surface area contributed by atoms with Gasteiger partial charge in [-0.3, -0.25) is 0 Å². The van der Waals surface area contributed by atoms with Crippen molar-refractivity contribution in [3.63, 3.8) is 0 Å². The van der Waals surface area contributed by atoms with Crippen LogP contribution in [0, 0.1) is 0 Å². The first kappa shape index (κ1) is 14.6. The van der Waals surface area contributed by atoms with Crippen molar-refractivity contribution >= 4 is 11.6 Å². The molecular formula is C19H20ClN3. The van der Waals surface area contributed by atoms with Crippen molar-refractivity contribution < 1.29 is 0 Å². The number of H-pyrrole nitrogens is 1. The second-order valence-electron chi connectivity index (χ2n) is 6.25. The molecule has 0 aliphatic heterocycles. The average molecular weight is 326 g/mol. The van der Waals surface area contributed by atoms with Gasteiger partial charge in [0.25, 0.3) is 0 Å². The van der Waals surface area contributed by atoms with Gasteiger partial charge in [-0.1, -0.05) is 43.0 Å². The van der Waals surface area contributed by atoms with Gasteiger partial charge in [-0.2, -0.15) is 0 Å². The van der Waals surface area contributed by atoms with Gasteiger partial charge in [0.1, 0.15) is 0 Å². The Labute approximate surface area is 141 Å². The van der Waals surface area contributed by atoms with Crippen molar-refractivity contribution in [1.82, 2.24) is 14.5 Å². The minimum atomic E-state index is 0.550. The van der Waals surface area contributed by atoms with Crippen LogP contribution in [0.5, 0.6) is 0 Å². The predicted molar refractivity (Wildman–Crippen MR) is 94.6 cm³/mol. The Morgan fingerprint density at radius 3 is 2.70 bits per heavy atom. The second-order valence-corrected chi connectivity index (χ2v) is 6.69. The fourth-order valence-electron chi connectivity index (χ4n) is 3.60. The standard InChI is InChI=1S/C19H20ClN3/c20-16-6-4-5-14(11-16)18-19(15-9-10-21-12-15)23(13-22-18)17-7-2-1-3-8-17/h4-6,9-13,17,21H,1-3,7-8H2. The third-order valence-corrected chi connectivity index (χ3v) is 4.97. The summed E-state index contributed by atoms with van der Waals surface area (Å²) in [4.78, 5) is 7.92. The third-order valence-electron chi connectivity index (χ3n) is 4.73. The van der Waals surface area contributed by atoms with Gasteiger partial charge >= 0.3 is 0 Å². The molecule has 3 nitrogen and oxygen atoms in total. The molecule has 4 rings (SSSR count). The lowest BCUT2D eigenvalue weighted by molar-refractivity contribution is 0.355. The van der Waals surface area contributed by atoms with E-state index in [1.165, 1.54) is 43.4 Å². The van der Waals surface area contributed by atoms with Crippen molar-refractivity contribution in [2.24, 2.45) is 0 Å². The summed E-state index contributed by atoms with van der Waals surface area (Å²) in [6, 6.07) is 10.6. The van der Waals surface area contributed by atoms with Gasteiger partial charge in [-0.25, -0.2) is 4.98 Å². The van der Waals surface area contributed by atoms with E-state index in [1.807, 2.05) is 36.9 Å². The largest absolute Gasteiger partial charge is 0.367 e. The molecule has 1 N–H and O–H groups in total. The summed E-state index contributed by atoms with van der Waals surface area (Å²) < 4.78 is 2.37. The average Bonchev–Trinajstić information content (AvgIpc) is 3.25. The smallest absolute Gasteiger partial charge is 0.0964 e. The fourth-order valence-corrected chi connectivity index (χ4v) is 3.79. The molecule has 0 unspecified atom stereocenters. The molecule has 1 aliphatic rings. The molecule has 0 saturated heterocycles. The molecule has 0 atom stereocenters. The summed E-state index contributed by atoms with van der Waals surface area (Å²) in [5.74, 6) is 0. The number of nitrogens with one attached hydrogen (secondary N) is 1. The molecule has 23 heavy (non-hydrogen) atoms. The van der Waals surface area contributed by atoms with E-state index < -0.39 is 0 Å². The third kappa shape index (κ3) is 2.81. The quantitative estimate of drug-likeness (QED) is 0.658. The molecule has 4 heteroatoms. The number of aromatic amines is 1. The molecule has 3 aromatic rings. The lowest BCUT2D eigenvalue weighted by Gasteiger charge is -2.25. The number of aromatic nitrogens is 3. The summed E-state index contributed by atoms with van der Waals surface area (Å²) in [7, 11) is 0. The van der Waals surface area contributed by atoms with E-state index in [4.69, 9.17) is 16.6 Å². The highest BCUT2D eigenvalue weighted by molar-refractivity contribution is 6.30. The molecule has 118 valence electrons. The van der Waals surface area contributed by atoms with E-state index >= 15 is 0 Å². The number of nitrogens with zero attached hydrogens (tertiary/aromatic N) is 2. The number of halogens is 1. The Balaban J connectivity index is 1.85. The molecule has 1 saturated carbocycles. The van der Waals surface area contributed by atoms with Crippen molar-refractivity contribution in [1.29, 1.82) is 0 Å². The van der Waals surface area contributed by atoms with Crippen molar-refractivity contribution in [2.75, 3.05) is 0 Å². The van der Waals surface area contributed by atoms with E-state index in [9.17, 15) is 0 Å². The molecule has 1 aromatic carbocycles. The van der Waals surface area contributed by atoms with Gasteiger partial charge in [-0.15, -0.1) is 0 Å². The minimum Gasteiger partial charge on any atom is -0.367 e. The number of imidazole rings is 1. The topological polar surface area (TPSA) is 33.6 Å². The van der Waals surface area contributed by atoms with Crippen molar-refractivity contribution in [3.05, 3.63) is 54.1 Å². The Kier molecular flexibility index (Phi) is 3.96. The van der Waals surface area contributed by atoms with Gasteiger partial charge in [0, 0.05) is 34.6 Å². The number of rotatable bonds is 3.